The minimum Gasteiger partial charge on any atom is -0.399 e. The summed E-state index contributed by atoms with van der Waals surface area (Å²) in [4.78, 5) is 4.80. The van der Waals surface area contributed by atoms with Crippen molar-refractivity contribution >= 4 is 5.71 Å². The van der Waals surface area contributed by atoms with Gasteiger partial charge in [-0.15, -0.1) is 0 Å². The molecule has 1 heterocycles. The largest absolute Gasteiger partial charge is 0.399 e. The fourth-order valence-electron chi connectivity index (χ4n) is 1.60. The van der Waals surface area contributed by atoms with Gasteiger partial charge in [-0.3, -0.25) is 0 Å². The third kappa shape index (κ3) is 1.97. The molecular formula is C9H18N2O. The quantitative estimate of drug-likeness (QED) is 0.601. The van der Waals surface area contributed by atoms with Gasteiger partial charge in [0.1, 0.15) is 7.11 Å². The van der Waals surface area contributed by atoms with E-state index in [0.717, 1.165) is 18.8 Å². The zero-order valence-corrected chi connectivity index (χ0v) is 8.35. The van der Waals surface area contributed by atoms with Gasteiger partial charge in [-0.05, 0) is 5.41 Å². The van der Waals surface area contributed by atoms with Crippen LogP contribution in [0.25, 0.3) is 0 Å². The number of hydrogen-bond donors (Lipinski definition) is 1. The molecule has 0 radical (unpaired) electrons. The molecule has 0 bridgehead atoms. The van der Waals surface area contributed by atoms with Gasteiger partial charge in [0, 0.05) is 19.0 Å². The molecule has 0 amide bonds. The first-order valence-electron chi connectivity index (χ1n) is 4.36. The Hall–Kier alpha value is -0.570. The van der Waals surface area contributed by atoms with E-state index >= 15 is 0 Å². The predicted molar refractivity (Wildman–Crippen MR) is 50.3 cm³/mol. The minimum absolute atomic E-state index is 0.279. The molecule has 0 aromatic rings. The molecule has 70 valence electrons. The van der Waals surface area contributed by atoms with Crippen LogP contribution in [0.1, 0.15) is 20.8 Å². The van der Waals surface area contributed by atoms with Crippen molar-refractivity contribution in [3.63, 3.8) is 0 Å². The first-order chi connectivity index (χ1) is 5.55. The first kappa shape index (κ1) is 9.52. The van der Waals surface area contributed by atoms with Crippen LogP contribution >= 0.6 is 0 Å². The maximum atomic E-state index is 4.80. The maximum absolute atomic E-state index is 4.80. The predicted octanol–water partition coefficient (Wildman–Crippen LogP) is 1.25. The Morgan fingerprint density at radius 1 is 1.50 bits per heavy atom. The van der Waals surface area contributed by atoms with Crippen molar-refractivity contribution in [1.82, 2.24) is 5.32 Å². The van der Waals surface area contributed by atoms with E-state index in [0.29, 0.717) is 5.92 Å². The smallest absolute Gasteiger partial charge is 0.106 e. The molecule has 1 N–H and O–H groups in total. The molecule has 0 spiro atoms. The fraction of sp³-hybridized carbons (Fsp3) is 0.889. The molecule has 1 aliphatic heterocycles. The molecule has 1 atom stereocenters. The zero-order valence-electron chi connectivity index (χ0n) is 8.35. The number of oxime groups is 1. The number of hydrogen-bond acceptors (Lipinski definition) is 3. The summed E-state index contributed by atoms with van der Waals surface area (Å²) in [7, 11) is 1.60. The third-order valence-electron chi connectivity index (χ3n) is 2.31. The molecule has 0 saturated carbocycles. The second-order valence-electron chi connectivity index (χ2n) is 4.31. The van der Waals surface area contributed by atoms with Crippen LogP contribution in [0, 0.1) is 11.3 Å². The topological polar surface area (TPSA) is 33.6 Å². The van der Waals surface area contributed by atoms with Crippen LogP contribution in [0.5, 0.6) is 0 Å². The van der Waals surface area contributed by atoms with Crippen LogP contribution in [0.15, 0.2) is 5.16 Å². The Kier molecular flexibility index (Phi) is 2.73. The summed E-state index contributed by atoms with van der Waals surface area (Å²) in [5.74, 6) is 0.512. The Morgan fingerprint density at radius 3 is 2.67 bits per heavy atom. The number of nitrogens with zero attached hydrogens (tertiary/aromatic N) is 1. The van der Waals surface area contributed by atoms with Crippen molar-refractivity contribution in [2.24, 2.45) is 16.5 Å². The van der Waals surface area contributed by atoms with Gasteiger partial charge in [0.05, 0.1) is 5.71 Å². The lowest BCUT2D eigenvalue weighted by atomic mass is 9.79. The van der Waals surface area contributed by atoms with E-state index in [9.17, 15) is 0 Å². The van der Waals surface area contributed by atoms with Gasteiger partial charge in [-0.1, -0.05) is 25.9 Å². The third-order valence-corrected chi connectivity index (χ3v) is 2.31. The zero-order chi connectivity index (χ0) is 9.19. The van der Waals surface area contributed by atoms with E-state index in [-0.39, 0.29) is 5.41 Å². The first-order valence-corrected chi connectivity index (χ1v) is 4.36. The van der Waals surface area contributed by atoms with Crippen molar-refractivity contribution in [3.05, 3.63) is 0 Å². The molecular weight excluding hydrogens is 152 g/mol. The normalized spacial score (nSPS) is 28.0. The minimum atomic E-state index is 0.279. The van der Waals surface area contributed by atoms with Crippen LogP contribution in [-0.4, -0.2) is 25.9 Å². The van der Waals surface area contributed by atoms with E-state index in [1.54, 1.807) is 7.11 Å². The lowest BCUT2D eigenvalue weighted by Gasteiger charge is -2.25. The molecule has 1 aliphatic rings. The number of rotatable bonds is 1. The van der Waals surface area contributed by atoms with Gasteiger partial charge in [-0.25, -0.2) is 0 Å². The summed E-state index contributed by atoms with van der Waals surface area (Å²) < 4.78 is 0. The van der Waals surface area contributed by atoms with Gasteiger partial charge >= 0.3 is 0 Å². The summed E-state index contributed by atoms with van der Waals surface area (Å²) in [6.07, 6.45) is 0. The number of nitrogens with one attached hydrogen (secondary N) is 1. The van der Waals surface area contributed by atoms with Gasteiger partial charge in [-0.2, -0.15) is 0 Å². The summed E-state index contributed by atoms with van der Waals surface area (Å²) >= 11 is 0. The van der Waals surface area contributed by atoms with Crippen LogP contribution in [0.3, 0.4) is 0 Å². The molecule has 3 nitrogen and oxygen atoms in total. The molecule has 0 aromatic carbocycles. The standard InChI is InChI=1S/C9H18N2O/c1-9(2,3)7-5-10-6-8(7)11-12-4/h7,10H,5-6H2,1-4H3/b11-8-. The van der Waals surface area contributed by atoms with Crippen molar-refractivity contribution in [3.8, 4) is 0 Å². The molecule has 3 heteroatoms. The van der Waals surface area contributed by atoms with Gasteiger partial charge < -0.3 is 10.2 Å². The summed E-state index contributed by atoms with van der Waals surface area (Å²) in [5.41, 5.74) is 1.42. The monoisotopic (exact) mass is 170 g/mol. The highest BCUT2D eigenvalue weighted by Gasteiger charge is 2.33. The van der Waals surface area contributed by atoms with Crippen molar-refractivity contribution < 1.29 is 4.84 Å². The highest BCUT2D eigenvalue weighted by molar-refractivity contribution is 5.90. The van der Waals surface area contributed by atoms with Crippen LogP contribution in [-0.2, 0) is 4.84 Å². The van der Waals surface area contributed by atoms with E-state index in [1.807, 2.05) is 0 Å². The molecule has 1 rings (SSSR count). The van der Waals surface area contributed by atoms with Crippen molar-refractivity contribution in [2.75, 3.05) is 20.2 Å². The van der Waals surface area contributed by atoms with Crippen molar-refractivity contribution in [1.29, 1.82) is 0 Å². The van der Waals surface area contributed by atoms with Crippen molar-refractivity contribution in [2.45, 2.75) is 20.8 Å². The molecule has 1 fully saturated rings. The van der Waals surface area contributed by atoms with Gasteiger partial charge in [0.25, 0.3) is 0 Å². The highest BCUT2D eigenvalue weighted by atomic mass is 16.6. The lowest BCUT2D eigenvalue weighted by molar-refractivity contribution is 0.207. The molecule has 1 unspecified atom stereocenters. The summed E-state index contributed by atoms with van der Waals surface area (Å²) in [5, 5.41) is 7.33. The molecule has 0 aliphatic carbocycles. The molecule has 0 aromatic heterocycles. The summed E-state index contributed by atoms with van der Waals surface area (Å²) in [6, 6.07) is 0. The second kappa shape index (κ2) is 3.44. The maximum Gasteiger partial charge on any atom is 0.106 e. The van der Waals surface area contributed by atoms with E-state index in [2.05, 4.69) is 31.2 Å². The Bertz CT molecular complexity index is 181. The average Bonchev–Trinajstić information content (AvgIpc) is 2.34. The second-order valence-corrected chi connectivity index (χ2v) is 4.31. The van der Waals surface area contributed by atoms with E-state index in [4.69, 9.17) is 4.84 Å². The van der Waals surface area contributed by atoms with Gasteiger partial charge in [0.2, 0.25) is 0 Å². The van der Waals surface area contributed by atoms with Gasteiger partial charge in [0.15, 0.2) is 0 Å². The van der Waals surface area contributed by atoms with Crippen LogP contribution in [0.4, 0.5) is 0 Å². The highest BCUT2D eigenvalue weighted by Crippen LogP contribution is 2.28. The van der Waals surface area contributed by atoms with E-state index < -0.39 is 0 Å². The molecule has 12 heavy (non-hydrogen) atoms. The Balaban J connectivity index is 2.71. The van der Waals surface area contributed by atoms with Crippen LogP contribution < -0.4 is 5.32 Å². The summed E-state index contributed by atoms with van der Waals surface area (Å²) in [6.45, 7) is 8.59. The SMILES string of the molecule is CO/N=C1/CNCC1C(C)(C)C. The fourth-order valence-corrected chi connectivity index (χ4v) is 1.60. The van der Waals surface area contributed by atoms with Crippen LogP contribution in [0.2, 0.25) is 0 Å². The Labute approximate surface area is 74.2 Å². The molecule has 1 saturated heterocycles. The lowest BCUT2D eigenvalue weighted by Crippen LogP contribution is -2.27. The average molecular weight is 170 g/mol. The van der Waals surface area contributed by atoms with E-state index in [1.165, 1.54) is 0 Å². The Morgan fingerprint density at radius 2 is 2.17 bits per heavy atom.